The topological polar surface area (TPSA) is 43.8 Å². The van der Waals surface area contributed by atoms with Crippen LogP contribution in [0, 0.1) is 0 Å². The largest absolute Gasteiger partial charge is 0.387 e. The SMILES string of the molecule is CC1(O)CN(C=O)CCN(Cc2ccccc2)C1. The molecule has 1 N–H and O–H groups in total. The van der Waals surface area contributed by atoms with Crippen molar-refractivity contribution in [2.75, 3.05) is 26.2 Å². The zero-order valence-electron chi connectivity index (χ0n) is 10.7. The van der Waals surface area contributed by atoms with Gasteiger partial charge in [0.05, 0.1) is 12.1 Å². The second-order valence-electron chi connectivity index (χ2n) is 5.27. The number of hydrogen-bond acceptors (Lipinski definition) is 3. The summed E-state index contributed by atoms with van der Waals surface area (Å²) in [5, 5.41) is 10.3. The van der Waals surface area contributed by atoms with E-state index in [0.29, 0.717) is 19.6 Å². The van der Waals surface area contributed by atoms with Crippen molar-refractivity contribution in [2.24, 2.45) is 0 Å². The molecule has 1 atom stereocenters. The van der Waals surface area contributed by atoms with Gasteiger partial charge in [-0.2, -0.15) is 0 Å². The maximum atomic E-state index is 10.9. The standard InChI is InChI=1S/C14H20N2O2/c1-14(18)10-15(7-8-16(11-14)12-17)9-13-5-3-2-4-6-13/h2-6,12,18H,7-11H2,1H3. The van der Waals surface area contributed by atoms with Crippen molar-refractivity contribution in [2.45, 2.75) is 19.1 Å². The summed E-state index contributed by atoms with van der Waals surface area (Å²) in [7, 11) is 0. The summed E-state index contributed by atoms with van der Waals surface area (Å²) < 4.78 is 0. The van der Waals surface area contributed by atoms with Gasteiger partial charge in [-0.25, -0.2) is 0 Å². The van der Waals surface area contributed by atoms with Crippen LogP contribution in [0.2, 0.25) is 0 Å². The summed E-state index contributed by atoms with van der Waals surface area (Å²) in [6.45, 7) is 5.06. The van der Waals surface area contributed by atoms with Crippen LogP contribution in [0.3, 0.4) is 0 Å². The molecule has 0 aromatic heterocycles. The minimum absolute atomic E-state index is 0.405. The summed E-state index contributed by atoms with van der Waals surface area (Å²) in [5.74, 6) is 0. The van der Waals surface area contributed by atoms with Crippen LogP contribution in [0.15, 0.2) is 30.3 Å². The molecule has 0 saturated carbocycles. The molecular weight excluding hydrogens is 228 g/mol. The van der Waals surface area contributed by atoms with Gasteiger partial charge in [0.2, 0.25) is 6.41 Å². The number of β-amino-alcohol motifs (C(OH)–C–C–N with tert-alkyl or cyclic N) is 1. The van der Waals surface area contributed by atoms with Crippen LogP contribution >= 0.6 is 0 Å². The Kier molecular flexibility index (Phi) is 3.99. The summed E-state index contributed by atoms with van der Waals surface area (Å²) in [6, 6.07) is 10.2. The van der Waals surface area contributed by atoms with Gasteiger partial charge in [0.15, 0.2) is 0 Å². The van der Waals surface area contributed by atoms with Crippen molar-refractivity contribution in [1.29, 1.82) is 0 Å². The fourth-order valence-electron chi connectivity index (χ4n) is 2.46. The summed E-state index contributed by atoms with van der Waals surface area (Å²) >= 11 is 0. The Labute approximate surface area is 108 Å². The molecule has 4 heteroatoms. The van der Waals surface area contributed by atoms with E-state index in [1.165, 1.54) is 5.56 Å². The average molecular weight is 248 g/mol. The highest BCUT2D eigenvalue weighted by Crippen LogP contribution is 2.15. The van der Waals surface area contributed by atoms with Gasteiger partial charge in [0.25, 0.3) is 0 Å². The van der Waals surface area contributed by atoms with E-state index in [-0.39, 0.29) is 0 Å². The zero-order chi connectivity index (χ0) is 13.0. The number of aliphatic hydroxyl groups is 1. The van der Waals surface area contributed by atoms with Crippen molar-refractivity contribution < 1.29 is 9.90 Å². The number of carbonyl (C=O) groups is 1. The van der Waals surface area contributed by atoms with E-state index < -0.39 is 5.60 Å². The average Bonchev–Trinajstić information content (AvgIpc) is 2.48. The van der Waals surface area contributed by atoms with E-state index in [4.69, 9.17) is 0 Å². The monoisotopic (exact) mass is 248 g/mol. The first-order valence-corrected chi connectivity index (χ1v) is 6.27. The fourth-order valence-corrected chi connectivity index (χ4v) is 2.46. The molecule has 0 spiro atoms. The van der Waals surface area contributed by atoms with Gasteiger partial charge in [0, 0.05) is 26.2 Å². The Balaban J connectivity index is 2.03. The molecule has 18 heavy (non-hydrogen) atoms. The molecule has 1 unspecified atom stereocenters. The number of hydrogen-bond donors (Lipinski definition) is 1. The lowest BCUT2D eigenvalue weighted by molar-refractivity contribution is -0.120. The summed E-state index contributed by atoms with van der Waals surface area (Å²) in [6.07, 6.45) is 0.820. The van der Waals surface area contributed by atoms with Crippen LogP contribution in [-0.2, 0) is 11.3 Å². The first-order chi connectivity index (χ1) is 8.59. The maximum absolute atomic E-state index is 10.9. The number of rotatable bonds is 3. The van der Waals surface area contributed by atoms with Crippen molar-refractivity contribution >= 4 is 6.41 Å². The molecule has 1 aliphatic heterocycles. The summed E-state index contributed by atoms with van der Waals surface area (Å²) in [5.41, 5.74) is 0.388. The molecule has 4 nitrogen and oxygen atoms in total. The molecule has 1 aliphatic rings. The Morgan fingerprint density at radius 2 is 2.00 bits per heavy atom. The van der Waals surface area contributed by atoms with Crippen molar-refractivity contribution in [3.63, 3.8) is 0 Å². The van der Waals surface area contributed by atoms with E-state index in [9.17, 15) is 9.90 Å². The van der Waals surface area contributed by atoms with Crippen LogP contribution in [0.25, 0.3) is 0 Å². The van der Waals surface area contributed by atoms with E-state index >= 15 is 0 Å². The Morgan fingerprint density at radius 1 is 1.28 bits per heavy atom. The van der Waals surface area contributed by atoms with Crippen molar-refractivity contribution in [3.05, 3.63) is 35.9 Å². The Morgan fingerprint density at radius 3 is 2.67 bits per heavy atom. The molecule has 0 aliphatic carbocycles. The van der Waals surface area contributed by atoms with E-state index in [2.05, 4.69) is 17.0 Å². The zero-order valence-corrected chi connectivity index (χ0v) is 10.7. The first-order valence-electron chi connectivity index (χ1n) is 6.27. The van der Waals surface area contributed by atoms with Gasteiger partial charge in [-0.15, -0.1) is 0 Å². The van der Waals surface area contributed by atoms with E-state index in [0.717, 1.165) is 19.5 Å². The number of carbonyl (C=O) groups excluding carboxylic acids is 1. The molecule has 98 valence electrons. The Bertz CT molecular complexity index is 392. The number of benzene rings is 1. The molecule has 1 fully saturated rings. The van der Waals surface area contributed by atoms with E-state index in [1.807, 2.05) is 18.2 Å². The predicted molar refractivity (Wildman–Crippen MR) is 70.0 cm³/mol. The molecule has 2 rings (SSSR count). The van der Waals surface area contributed by atoms with E-state index in [1.54, 1.807) is 11.8 Å². The van der Waals surface area contributed by atoms with Gasteiger partial charge in [0.1, 0.15) is 0 Å². The van der Waals surface area contributed by atoms with Crippen LogP contribution in [-0.4, -0.2) is 53.1 Å². The van der Waals surface area contributed by atoms with Crippen LogP contribution in [0.4, 0.5) is 0 Å². The minimum atomic E-state index is -0.841. The molecule has 0 radical (unpaired) electrons. The lowest BCUT2D eigenvalue weighted by atomic mass is 10.1. The normalized spacial score (nSPS) is 25.8. The molecule has 1 heterocycles. The van der Waals surface area contributed by atoms with Crippen LogP contribution < -0.4 is 0 Å². The minimum Gasteiger partial charge on any atom is -0.387 e. The quantitative estimate of drug-likeness (QED) is 0.801. The van der Waals surface area contributed by atoms with Gasteiger partial charge < -0.3 is 10.0 Å². The number of amides is 1. The summed E-state index contributed by atoms with van der Waals surface area (Å²) in [4.78, 5) is 14.7. The fraction of sp³-hybridized carbons (Fsp3) is 0.500. The highest BCUT2D eigenvalue weighted by atomic mass is 16.3. The lowest BCUT2D eigenvalue weighted by Gasteiger charge is -2.28. The highest BCUT2D eigenvalue weighted by molar-refractivity contribution is 5.47. The maximum Gasteiger partial charge on any atom is 0.209 e. The predicted octanol–water partition coefficient (Wildman–Crippen LogP) is 0.712. The first kappa shape index (κ1) is 13.1. The second kappa shape index (κ2) is 5.50. The van der Waals surface area contributed by atoms with Gasteiger partial charge >= 0.3 is 0 Å². The smallest absolute Gasteiger partial charge is 0.209 e. The molecule has 1 aromatic carbocycles. The number of nitrogens with zero attached hydrogens (tertiary/aromatic N) is 2. The molecule has 1 amide bonds. The second-order valence-corrected chi connectivity index (χ2v) is 5.27. The molecule has 1 aromatic rings. The third-order valence-electron chi connectivity index (χ3n) is 3.21. The van der Waals surface area contributed by atoms with Crippen molar-refractivity contribution in [3.8, 4) is 0 Å². The molecule has 1 saturated heterocycles. The third-order valence-corrected chi connectivity index (χ3v) is 3.21. The molecule has 0 bridgehead atoms. The van der Waals surface area contributed by atoms with Gasteiger partial charge in [-0.3, -0.25) is 9.69 Å². The van der Waals surface area contributed by atoms with Crippen molar-refractivity contribution in [1.82, 2.24) is 9.80 Å². The third kappa shape index (κ3) is 3.55. The lowest BCUT2D eigenvalue weighted by Crippen LogP contribution is -2.43. The van der Waals surface area contributed by atoms with Crippen LogP contribution in [0.1, 0.15) is 12.5 Å². The molecular formula is C14H20N2O2. The highest BCUT2D eigenvalue weighted by Gasteiger charge is 2.29. The van der Waals surface area contributed by atoms with Gasteiger partial charge in [-0.1, -0.05) is 30.3 Å². The Hall–Kier alpha value is -1.39. The van der Waals surface area contributed by atoms with Crippen LogP contribution in [0.5, 0.6) is 0 Å². The van der Waals surface area contributed by atoms with Gasteiger partial charge in [-0.05, 0) is 12.5 Å².